The first-order valence-corrected chi connectivity index (χ1v) is 12.6. The van der Waals surface area contributed by atoms with Crippen LogP contribution in [-0.4, -0.2) is 38.8 Å². The third-order valence-electron chi connectivity index (χ3n) is 6.00. The molecule has 0 fully saturated rings. The second kappa shape index (κ2) is 15.8. The number of nitrogens with zero attached hydrogens (tertiary/aromatic N) is 2. The molecule has 0 aromatic heterocycles. The quantitative estimate of drug-likeness (QED) is 0.302. The van der Waals surface area contributed by atoms with Gasteiger partial charge in [0.1, 0.15) is 18.1 Å². The molecule has 0 aliphatic carbocycles. The summed E-state index contributed by atoms with van der Waals surface area (Å²) in [5, 5.41) is 9.04. The lowest BCUT2D eigenvalue weighted by atomic mass is 10.1. The molecule has 0 bridgehead atoms. The van der Waals surface area contributed by atoms with Crippen molar-refractivity contribution in [2.75, 3.05) is 33.9 Å². The fourth-order valence-electron chi connectivity index (χ4n) is 3.86. The highest BCUT2D eigenvalue weighted by Crippen LogP contribution is 2.21. The SMILES string of the molecule is COc1ccc(CN(CC#CCOC(CC#Cc2ccc(OC)cc2C)c2ccccc2)CCC#N)cc1. The van der Waals surface area contributed by atoms with E-state index in [1.165, 1.54) is 0 Å². The number of rotatable bonds is 11. The molecular formula is C33H34N2O3. The molecule has 0 radical (unpaired) electrons. The minimum absolute atomic E-state index is 0.175. The molecule has 38 heavy (non-hydrogen) atoms. The van der Waals surface area contributed by atoms with Crippen molar-refractivity contribution in [1.82, 2.24) is 4.90 Å². The van der Waals surface area contributed by atoms with Gasteiger partial charge in [0, 0.05) is 31.5 Å². The zero-order chi connectivity index (χ0) is 27.0. The normalized spacial score (nSPS) is 10.9. The van der Waals surface area contributed by atoms with E-state index in [0.717, 1.165) is 33.8 Å². The van der Waals surface area contributed by atoms with Crippen molar-refractivity contribution in [1.29, 1.82) is 5.26 Å². The summed E-state index contributed by atoms with van der Waals surface area (Å²) in [6, 6.07) is 26.2. The van der Waals surface area contributed by atoms with Gasteiger partial charge in [0.2, 0.25) is 0 Å². The van der Waals surface area contributed by atoms with E-state index in [2.05, 4.69) is 46.8 Å². The van der Waals surface area contributed by atoms with Crippen molar-refractivity contribution in [3.63, 3.8) is 0 Å². The molecule has 3 aromatic carbocycles. The Hall–Kier alpha value is -4.21. The smallest absolute Gasteiger partial charge is 0.119 e. The van der Waals surface area contributed by atoms with Crippen LogP contribution in [0.3, 0.4) is 0 Å². The van der Waals surface area contributed by atoms with Crippen molar-refractivity contribution in [2.45, 2.75) is 32.4 Å². The lowest BCUT2D eigenvalue weighted by Crippen LogP contribution is -2.24. The molecule has 3 rings (SSSR count). The Kier molecular flexibility index (Phi) is 11.8. The van der Waals surface area contributed by atoms with Gasteiger partial charge in [0.05, 0.1) is 32.9 Å². The van der Waals surface area contributed by atoms with Crippen LogP contribution >= 0.6 is 0 Å². The highest BCUT2D eigenvalue weighted by atomic mass is 16.5. The molecule has 0 amide bonds. The molecule has 5 heteroatoms. The van der Waals surface area contributed by atoms with Gasteiger partial charge in [-0.1, -0.05) is 66.1 Å². The van der Waals surface area contributed by atoms with Crippen LogP contribution in [0.4, 0.5) is 0 Å². The first-order chi connectivity index (χ1) is 18.6. The van der Waals surface area contributed by atoms with Crippen molar-refractivity contribution in [3.05, 3.63) is 95.1 Å². The zero-order valence-electron chi connectivity index (χ0n) is 22.4. The molecule has 194 valence electrons. The van der Waals surface area contributed by atoms with E-state index in [-0.39, 0.29) is 6.10 Å². The van der Waals surface area contributed by atoms with Crippen molar-refractivity contribution < 1.29 is 14.2 Å². The number of hydrogen-bond acceptors (Lipinski definition) is 5. The molecule has 0 aliphatic rings. The highest BCUT2D eigenvalue weighted by molar-refractivity contribution is 5.44. The Bertz CT molecular complexity index is 1310. The third-order valence-corrected chi connectivity index (χ3v) is 6.00. The Labute approximate surface area is 227 Å². The van der Waals surface area contributed by atoms with Crippen molar-refractivity contribution >= 4 is 0 Å². The minimum atomic E-state index is -0.175. The Morgan fingerprint density at radius 2 is 1.61 bits per heavy atom. The molecule has 0 aliphatic heterocycles. The second-order valence-electron chi connectivity index (χ2n) is 8.72. The number of aryl methyl sites for hydroxylation is 1. The molecule has 0 spiro atoms. The summed E-state index contributed by atoms with van der Waals surface area (Å²) >= 11 is 0. The molecule has 0 saturated heterocycles. The van der Waals surface area contributed by atoms with Crippen LogP contribution in [0.1, 0.15) is 41.2 Å². The maximum atomic E-state index is 9.04. The fourth-order valence-corrected chi connectivity index (χ4v) is 3.86. The van der Waals surface area contributed by atoms with Gasteiger partial charge in [0.25, 0.3) is 0 Å². The van der Waals surface area contributed by atoms with Gasteiger partial charge >= 0.3 is 0 Å². The lowest BCUT2D eigenvalue weighted by molar-refractivity contribution is 0.0818. The van der Waals surface area contributed by atoms with Gasteiger partial charge in [-0.3, -0.25) is 4.90 Å². The zero-order valence-corrected chi connectivity index (χ0v) is 22.4. The Balaban J connectivity index is 1.60. The van der Waals surface area contributed by atoms with E-state index < -0.39 is 0 Å². The van der Waals surface area contributed by atoms with E-state index in [1.807, 2.05) is 67.6 Å². The van der Waals surface area contributed by atoms with Crippen LogP contribution in [0.15, 0.2) is 72.8 Å². The maximum Gasteiger partial charge on any atom is 0.119 e. The highest BCUT2D eigenvalue weighted by Gasteiger charge is 2.10. The monoisotopic (exact) mass is 506 g/mol. The van der Waals surface area contributed by atoms with E-state index in [1.54, 1.807) is 14.2 Å². The summed E-state index contributed by atoms with van der Waals surface area (Å²) in [5.41, 5.74) is 4.28. The number of methoxy groups -OCH3 is 2. The fraction of sp³-hybridized carbons (Fsp3) is 0.303. The topological polar surface area (TPSA) is 54.7 Å². The Morgan fingerprint density at radius 3 is 2.29 bits per heavy atom. The van der Waals surface area contributed by atoms with E-state index in [9.17, 15) is 0 Å². The molecule has 3 aromatic rings. The minimum Gasteiger partial charge on any atom is -0.497 e. The molecule has 0 heterocycles. The standard InChI is InChI=1S/C33H34N2O3/c1-27-25-32(37-3)20-17-29(27)13-9-14-33(30-11-5-4-6-12-30)38-24-8-7-22-35(23-10-21-34)26-28-15-18-31(36-2)19-16-28/h4-6,11-12,15-20,25,33H,10,14,22-24,26H2,1-3H3. The van der Waals surface area contributed by atoms with E-state index in [4.69, 9.17) is 19.5 Å². The Morgan fingerprint density at radius 1 is 0.868 bits per heavy atom. The molecular weight excluding hydrogens is 472 g/mol. The van der Waals surface area contributed by atoms with Gasteiger partial charge < -0.3 is 14.2 Å². The summed E-state index contributed by atoms with van der Waals surface area (Å²) in [7, 11) is 3.32. The molecule has 0 N–H and O–H groups in total. The van der Waals surface area contributed by atoms with Crippen molar-refractivity contribution in [2.24, 2.45) is 0 Å². The van der Waals surface area contributed by atoms with Gasteiger partial charge in [-0.25, -0.2) is 0 Å². The van der Waals surface area contributed by atoms with Crippen LogP contribution in [0, 0.1) is 41.9 Å². The van der Waals surface area contributed by atoms with E-state index in [0.29, 0.717) is 39.1 Å². The second-order valence-corrected chi connectivity index (χ2v) is 8.72. The van der Waals surface area contributed by atoms with Crippen LogP contribution in [-0.2, 0) is 11.3 Å². The van der Waals surface area contributed by atoms with Gasteiger partial charge in [-0.15, -0.1) is 0 Å². The van der Waals surface area contributed by atoms with E-state index >= 15 is 0 Å². The third kappa shape index (κ3) is 9.34. The van der Waals surface area contributed by atoms with Crippen LogP contribution in [0.2, 0.25) is 0 Å². The van der Waals surface area contributed by atoms with Crippen LogP contribution in [0.5, 0.6) is 11.5 Å². The number of hydrogen-bond donors (Lipinski definition) is 0. The predicted molar refractivity (Wildman–Crippen MR) is 151 cm³/mol. The molecule has 5 nitrogen and oxygen atoms in total. The van der Waals surface area contributed by atoms with Gasteiger partial charge in [0.15, 0.2) is 0 Å². The first kappa shape index (κ1) is 28.4. The number of nitriles is 1. The summed E-state index contributed by atoms with van der Waals surface area (Å²) in [5.74, 6) is 14.6. The number of benzene rings is 3. The van der Waals surface area contributed by atoms with Crippen LogP contribution < -0.4 is 9.47 Å². The summed E-state index contributed by atoms with van der Waals surface area (Å²) < 4.78 is 16.7. The average molecular weight is 507 g/mol. The largest absolute Gasteiger partial charge is 0.497 e. The van der Waals surface area contributed by atoms with Gasteiger partial charge in [-0.2, -0.15) is 5.26 Å². The summed E-state index contributed by atoms with van der Waals surface area (Å²) in [4.78, 5) is 2.16. The van der Waals surface area contributed by atoms with Crippen LogP contribution in [0.25, 0.3) is 0 Å². The summed E-state index contributed by atoms with van der Waals surface area (Å²) in [6.07, 6.45) is 0.838. The lowest BCUT2D eigenvalue weighted by Gasteiger charge is -2.18. The number of ether oxygens (including phenoxy) is 3. The molecule has 1 atom stereocenters. The average Bonchev–Trinajstić information content (AvgIpc) is 2.96. The van der Waals surface area contributed by atoms with Gasteiger partial charge in [-0.05, 0) is 53.9 Å². The first-order valence-electron chi connectivity index (χ1n) is 12.6. The maximum absolute atomic E-state index is 9.04. The molecule has 0 saturated carbocycles. The summed E-state index contributed by atoms with van der Waals surface area (Å²) in [6.45, 7) is 4.27. The molecule has 1 unspecified atom stereocenters. The van der Waals surface area contributed by atoms with Crippen molar-refractivity contribution in [3.8, 4) is 41.2 Å². The predicted octanol–water partition coefficient (Wildman–Crippen LogP) is 5.93.